The van der Waals surface area contributed by atoms with Crippen LogP contribution in [-0.4, -0.2) is 14.8 Å². The molecule has 0 bridgehead atoms. The van der Waals surface area contributed by atoms with Crippen molar-refractivity contribution >= 4 is 44.4 Å². The van der Waals surface area contributed by atoms with Crippen molar-refractivity contribution in [3.8, 4) is 5.82 Å². The Morgan fingerprint density at radius 1 is 1.35 bits per heavy atom. The van der Waals surface area contributed by atoms with E-state index >= 15 is 0 Å². The summed E-state index contributed by atoms with van der Waals surface area (Å²) in [4.78, 5) is 14.9. The van der Waals surface area contributed by atoms with Gasteiger partial charge in [0.05, 0.1) is 10.6 Å². The van der Waals surface area contributed by atoms with Gasteiger partial charge in [-0.2, -0.15) is 13.2 Å². The standard InChI is InChI=1S/C11H4BrCl2F3N2O/c12-6-2-8(9(14)20)19(4-6)10-7(13)1-5(3-18-10)11(15,16)17/h1-4H. The number of nitrogens with zero attached hydrogens (tertiary/aromatic N) is 2. The number of carbonyl (C=O) groups excluding carboxylic acids is 1. The van der Waals surface area contributed by atoms with Gasteiger partial charge in [-0.05, 0) is 39.7 Å². The first-order valence-corrected chi connectivity index (χ1v) is 6.56. The molecular weight excluding hydrogens is 384 g/mol. The van der Waals surface area contributed by atoms with Crippen molar-refractivity contribution in [3.05, 3.63) is 45.3 Å². The number of carbonyl (C=O) groups is 1. The summed E-state index contributed by atoms with van der Waals surface area (Å²) in [5, 5.41) is -1.03. The fraction of sp³-hybridized carbons (Fsp3) is 0.0909. The van der Waals surface area contributed by atoms with Gasteiger partial charge in [-0.25, -0.2) is 4.98 Å². The van der Waals surface area contributed by atoms with Gasteiger partial charge in [-0.1, -0.05) is 11.6 Å². The number of pyridine rings is 1. The molecule has 0 spiro atoms. The molecule has 0 fully saturated rings. The SMILES string of the molecule is O=C(Cl)c1cc(Br)cn1-c1ncc(C(F)(F)F)cc1Cl. The second kappa shape index (κ2) is 5.38. The number of halogens is 6. The Kier molecular flexibility index (Phi) is 4.13. The maximum atomic E-state index is 12.5. The molecule has 0 radical (unpaired) electrons. The van der Waals surface area contributed by atoms with Crippen molar-refractivity contribution < 1.29 is 18.0 Å². The molecule has 0 aromatic carbocycles. The lowest BCUT2D eigenvalue weighted by Crippen LogP contribution is -2.09. The monoisotopic (exact) mass is 386 g/mol. The van der Waals surface area contributed by atoms with Crippen LogP contribution in [-0.2, 0) is 6.18 Å². The summed E-state index contributed by atoms with van der Waals surface area (Å²) in [5.74, 6) is -0.0191. The number of hydrogen-bond acceptors (Lipinski definition) is 2. The Morgan fingerprint density at radius 3 is 2.50 bits per heavy atom. The molecule has 9 heteroatoms. The summed E-state index contributed by atoms with van der Waals surface area (Å²) in [5.41, 5.74) is -0.941. The van der Waals surface area contributed by atoms with Crippen molar-refractivity contribution in [1.82, 2.24) is 9.55 Å². The van der Waals surface area contributed by atoms with Gasteiger partial charge in [0.15, 0.2) is 5.82 Å². The average Bonchev–Trinajstić information content (AvgIpc) is 2.70. The Labute approximate surface area is 129 Å². The topological polar surface area (TPSA) is 34.9 Å². The van der Waals surface area contributed by atoms with Gasteiger partial charge in [-0.15, -0.1) is 0 Å². The van der Waals surface area contributed by atoms with Gasteiger partial charge in [0.25, 0.3) is 5.24 Å². The predicted octanol–water partition coefficient (Wildman–Crippen LogP) is 4.69. The Bertz CT molecular complexity index is 685. The fourth-order valence-corrected chi connectivity index (χ4v) is 2.34. The zero-order valence-electron chi connectivity index (χ0n) is 9.38. The molecule has 0 saturated carbocycles. The van der Waals surface area contributed by atoms with Crippen molar-refractivity contribution in [1.29, 1.82) is 0 Å². The van der Waals surface area contributed by atoms with E-state index in [4.69, 9.17) is 23.2 Å². The number of hydrogen-bond donors (Lipinski definition) is 0. The predicted molar refractivity (Wildman–Crippen MR) is 71.5 cm³/mol. The second-order valence-electron chi connectivity index (χ2n) is 3.71. The minimum Gasteiger partial charge on any atom is -0.295 e. The van der Waals surface area contributed by atoms with Gasteiger partial charge in [0, 0.05) is 16.9 Å². The highest BCUT2D eigenvalue weighted by atomic mass is 79.9. The van der Waals surface area contributed by atoms with Crippen molar-refractivity contribution in [2.24, 2.45) is 0 Å². The van der Waals surface area contributed by atoms with Gasteiger partial charge >= 0.3 is 6.18 Å². The van der Waals surface area contributed by atoms with Crippen LogP contribution in [0.15, 0.2) is 29.0 Å². The van der Waals surface area contributed by atoms with Crippen molar-refractivity contribution in [2.45, 2.75) is 6.18 Å². The molecule has 3 nitrogen and oxygen atoms in total. The average molecular weight is 388 g/mol. The highest BCUT2D eigenvalue weighted by Gasteiger charge is 2.32. The fourth-order valence-electron chi connectivity index (χ4n) is 1.52. The molecule has 0 saturated heterocycles. The summed E-state index contributed by atoms with van der Waals surface area (Å²) < 4.78 is 39.3. The first-order valence-electron chi connectivity index (χ1n) is 5.01. The maximum Gasteiger partial charge on any atom is 0.417 e. The molecule has 0 amide bonds. The molecule has 0 aliphatic carbocycles. The number of aromatic nitrogens is 2. The minimum absolute atomic E-state index is 0.0191. The van der Waals surface area contributed by atoms with Crippen LogP contribution in [0.1, 0.15) is 16.1 Å². The minimum atomic E-state index is -4.54. The van der Waals surface area contributed by atoms with Crippen LogP contribution in [0, 0.1) is 0 Å². The first-order chi connectivity index (χ1) is 9.20. The highest BCUT2D eigenvalue weighted by molar-refractivity contribution is 9.10. The Balaban J connectivity index is 2.57. The largest absolute Gasteiger partial charge is 0.417 e. The lowest BCUT2D eigenvalue weighted by atomic mass is 10.2. The quantitative estimate of drug-likeness (QED) is 0.701. The molecule has 0 atom stereocenters. The maximum absolute atomic E-state index is 12.5. The Hall–Kier alpha value is -1.05. The van der Waals surface area contributed by atoms with E-state index < -0.39 is 17.0 Å². The van der Waals surface area contributed by atoms with Gasteiger partial charge in [0.2, 0.25) is 0 Å². The van der Waals surface area contributed by atoms with E-state index in [0.29, 0.717) is 10.7 Å². The summed E-state index contributed by atoms with van der Waals surface area (Å²) in [6.45, 7) is 0. The Morgan fingerprint density at radius 2 is 2.00 bits per heavy atom. The van der Waals surface area contributed by atoms with Crippen LogP contribution >= 0.6 is 39.1 Å². The van der Waals surface area contributed by atoms with Gasteiger partial charge in [-0.3, -0.25) is 9.36 Å². The number of alkyl halides is 3. The zero-order chi connectivity index (χ0) is 15.1. The molecule has 0 aliphatic rings. The summed E-state index contributed by atoms with van der Waals surface area (Å²) >= 11 is 14.3. The van der Waals surface area contributed by atoms with Crippen LogP contribution in [0.4, 0.5) is 13.2 Å². The van der Waals surface area contributed by atoms with Crippen LogP contribution < -0.4 is 0 Å². The third-order valence-electron chi connectivity index (χ3n) is 2.37. The summed E-state index contributed by atoms with van der Waals surface area (Å²) in [6, 6.07) is 2.14. The first kappa shape index (κ1) is 15.3. The van der Waals surface area contributed by atoms with E-state index in [1.165, 1.54) is 16.8 Å². The van der Waals surface area contributed by atoms with Crippen molar-refractivity contribution in [3.63, 3.8) is 0 Å². The van der Waals surface area contributed by atoms with E-state index in [9.17, 15) is 18.0 Å². The van der Waals surface area contributed by atoms with E-state index in [2.05, 4.69) is 20.9 Å². The third-order valence-corrected chi connectivity index (χ3v) is 3.27. The van der Waals surface area contributed by atoms with Crippen LogP contribution in [0.5, 0.6) is 0 Å². The molecule has 0 unspecified atom stereocenters. The lowest BCUT2D eigenvalue weighted by Gasteiger charge is -2.11. The molecule has 2 heterocycles. The van der Waals surface area contributed by atoms with E-state index in [1.807, 2.05) is 0 Å². The normalized spacial score (nSPS) is 11.7. The molecule has 2 aromatic rings. The smallest absolute Gasteiger partial charge is 0.295 e. The molecule has 20 heavy (non-hydrogen) atoms. The molecule has 0 N–H and O–H groups in total. The van der Waals surface area contributed by atoms with Gasteiger partial charge in [0.1, 0.15) is 5.69 Å². The molecule has 0 aliphatic heterocycles. The van der Waals surface area contributed by atoms with E-state index in [0.717, 1.165) is 6.07 Å². The molecule has 106 valence electrons. The van der Waals surface area contributed by atoms with Crippen molar-refractivity contribution in [2.75, 3.05) is 0 Å². The molecule has 2 aromatic heterocycles. The van der Waals surface area contributed by atoms with Crippen LogP contribution in [0.2, 0.25) is 5.02 Å². The third kappa shape index (κ3) is 2.99. The number of rotatable bonds is 2. The van der Waals surface area contributed by atoms with Crippen LogP contribution in [0.3, 0.4) is 0 Å². The second-order valence-corrected chi connectivity index (χ2v) is 5.38. The summed E-state index contributed by atoms with van der Waals surface area (Å²) in [7, 11) is 0. The van der Waals surface area contributed by atoms with Crippen LogP contribution in [0.25, 0.3) is 5.82 Å². The molecular formula is C11H4BrCl2F3N2O. The van der Waals surface area contributed by atoms with Gasteiger partial charge < -0.3 is 0 Å². The lowest BCUT2D eigenvalue weighted by molar-refractivity contribution is -0.137. The van der Waals surface area contributed by atoms with E-state index in [-0.39, 0.29) is 16.5 Å². The highest BCUT2D eigenvalue weighted by Crippen LogP contribution is 2.33. The molecule has 2 rings (SSSR count). The zero-order valence-corrected chi connectivity index (χ0v) is 12.5. The summed E-state index contributed by atoms with van der Waals surface area (Å²) in [6.07, 6.45) is -2.48. The van der Waals surface area contributed by atoms with E-state index in [1.54, 1.807) is 0 Å².